The van der Waals surface area contributed by atoms with Crippen molar-refractivity contribution in [3.63, 3.8) is 0 Å². The number of pyridine rings is 1. The Bertz CT molecular complexity index is 792. The SMILES string of the molecule is Nc1ccc(NS(=O)(=O)c2ccc([N+](=O)[O-])c(F)c2)cn1. The van der Waals surface area contributed by atoms with E-state index in [1.807, 2.05) is 0 Å². The summed E-state index contributed by atoms with van der Waals surface area (Å²) in [5, 5.41) is 10.5. The predicted octanol–water partition coefficient (Wildman–Crippen LogP) is 1.51. The summed E-state index contributed by atoms with van der Waals surface area (Å²) in [7, 11) is -4.08. The van der Waals surface area contributed by atoms with Crippen LogP contribution in [-0.4, -0.2) is 18.3 Å². The number of nitrogens with zero attached hydrogens (tertiary/aromatic N) is 2. The molecule has 0 spiro atoms. The Kier molecular flexibility index (Phi) is 3.72. The van der Waals surface area contributed by atoms with E-state index in [2.05, 4.69) is 9.71 Å². The maximum atomic E-state index is 13.5. The number of sulfonamides is 1. The second kappa shape index (κ2) is 5.32. The van der Waals surface area contributed by atoms with E-state index in [1.165, 1.54) is 18.3 Å². The molecule has 0 radical (unpaired) electrons. The molecule has 0 aliphatic carbocycles. The van der Waals surface area contributed by atoms with Crippen LogP contribution < -0.4 is 10.5 Å². The predicted molar refractivity (Wildman–Crippen MR) is 72.5 cm³/mol. The molecule has 3 N–H and O–H groups in total. The molecular weight excluding hydrogens is 303 g/mol. The number of anilines is 2. The van der Waals surface area contributed by atoms with Crippen LogP contribution in [0.25, 0.3) is 0 Å². The second-order valence-electron chi connectivity index (χ2n) is 3.95. The minimum Gasteiger partial charge on any atom is -0.384 e. The van der Waals surface area contributed by atoms with Gasteiger partial charge < -0.3 is 5.73 Å². The summed E-state index contributed by atoms with van der Waals surface area (Å²) < 4.78 is 39.6. The van der Waals surface area contributed by atoms with Gasteiger partial charge in [0.25, 0.3) is 10.0 Å². The number of hydrogen-bond donors (Lipinski definition) is 2. The number of aromatic nitrogens is 1. The van der Waals surface area contributed by atoms with E-state index in [0.29, 0.717) is 6.07 Å². The molecule has 0 unspecified atom stereocenters. The Balaban J connectivity index is 2.33. The first-order chi connectivity index (χ1) is 9.79. The molecule has 0 saturated carbocycles. The average molecular weight is 312 g/mol. The van der Waals surface area contributed by atoms with Gasteiger partial charge in [-0.25, -0.2) is 13.4 Å². The third-order valence-electron chi connectivity index (χ3n) is 2.46. The lowest BCUT2D eigenvalue weighted by molar-refractivity contribution is -0.387. The molecule has 1 aromatic heterocycles. The van der Waals surface area contributed by atoms with Crippen LogP contribution >= 0.6 is 0 Å². The zero-order valence-corrected chi connectivity index (χ0v) is 11.2. The van der Waals surface area contributed by atoms with Crippen molar-refractivity contribution in [3.8, 4) is 0 Å². The van der Waals surface area contributed by atoms with Gasteiger partial charge in [-0.2, -0.15) is 4.39 Å². The molecule has 0 aliphatic heterocycles. The van der Waals surface area contributed by atoms with Crippen LogP contribution in [-0.2, 0) is 10.0 Å². The minimum absolute atomic E-state index is 0.128. The molecule has 0 amide bonds. The molecule has 1 heterocycles. The maximum Gasteiger partial charge on any atom is 0.304 e. The molecular formula is C11H9FN4O4S. The van der Waals surface area contributed by atoms with Crippen molar-refractivity contribution in [3.05, 3.63) is 52.5 Å². The molecule has 2 aromatic rings. The fraction of sp³-hybridized carbons (Fsp3) is 0. The summed E-state index contributed by atoms with van der Waals surface area (Å²) in [4.78, 5) is 12.8. The van der Waals surface area contributed by atoms with Crippen LogP contribution in [0.1, 0.15) is 0 Å². The Morgan fingerprint density at radius 2 is 2.00 bits per heavy atom. The first-order valence-electron chi connectivity index (χ1n) is 5.48. The van der Waals surface area contributed by atoms with Gasteiger partial charge in [-0.1, -0.05) is 0 Å². The molecule has 0 aliphatic rings. The van der Waals surface area contributed by atoms with Gasteiger partial charge in [0, 0.05) is 12.1 Å². The molecule has 10 heteroatoms. The Labute approximate surface area is 118 Å². The van der Waals surface area contributed by atoms with E-state index in [0.717, 1.165) is 12.1 Å². The maximum absolute atomic E-state index is 13.5. The lowest BCUT2D eigenvalue weighted by Crippen LogP contribution is -2.13. The van der Waals surface area contributed by atoms with E-state index >= 15 is 0 Å². The topological polar surface area (TPSA) is 128 Å². The number of nitrogens with one attached hydrogen (secondary N) is 1. The Morgan fingerprint density at radius 3 is 2.52 bits per heavy atom. The summed E-state index contributed by atoms with van der Waals surface area (Å²) in [5.74, 6) is -1.03. The molecule has 0 atom stereocenters. The van der Waals surface area contributed by atoms with Crippen molar-refractivity contribution in [2.75, 3.05) is 10.5 Å². The van der Waals surface area contributed by atoms with Gasteiger partial charge in [0.05, 0.1) is 21.7 Å². The number of halogens is 1. The summed E-state index contributed by atoms with van der Waals surface area (Å²) in [5.41, 5.74) is 4.69. The van der Waals surface area contributed by atoms with Crippen molar-refractivity contribution >= 4 is 27.2 Å². The largest absolute Gasteiger partial charge is 0.384 e. The highest BCUT2D eigenvalue weighted by atomic mass is 32.2. The number of benzene rings is 1. The molecule has 0 saturated heterocycles. The molecule has 21 heavy (non-hydrogen) atoms. The summed E-state index contributed by atoms with van der Waals surface area (Å²) in [6.07, 6.45) is 1.19. The molecule has 0 bridgehead atoms. The van der Waals surface area contributed by atoms with Crippen molar-refractivity contribution in [2.45, 2.75) is 4.90 Å². The summed E-state index contributed by atoms with van der Waals surface area (Å²) in [6.45, 7) is 0. The zero-order chi connectivity index (χ0) is 15.6. The van der Waals surface area contributed by atoms with Gasteiger partial charge in [-0.15, -0.1) is 0 Å². The molecule has 8 nitrogen and oxygen atoms in total. The van der Waals surface area contributed by atoms with Gasteiger partial charge in [0.15, 0.2) is 0 Å². The van der Waals surface area contributed by atoms with Crippen LogP contribution in [0.4, 0.5) is 21.6 Å². The fourth-order valence-electron chi connectivity index (χ4n) is 1.48. The second-order valence-corrected chi connectivity index (χ2v) is 5.63. The Hall–Kier alpha value is -2.75. The van der Waals surface area contributed by atoms with Crippen LogP contribution in [0.15, 0.2) is 41.4 Å². The van der Waals surface area contributed by atoms with Crippen molar-refractivity contribution in [1.29, 1.82) is 0 Å². The number of nitro groups is 1. The van der Waals surface area contributed by atoms with Gasteiger partial charge in [0.1, 0.15) is 5.82 Å². The smallest absolute Gasteiger partial charge is 0.304 e. The third kappa shape index (κ3) is 3.23. The lowest BCUT2D eigenvalue weighted by Gasteiger charge is -2.08. The van der Waals surface area contributed by atoms with Crippen LogP contribution in [0.5, 0.6) is 0 Å². The van der Waals surface area contributed by atoms with E-state index in [4.69, 9.17) is 5.73 Å². The van der Waals surface area contributed by atoms with Gasteiger partial charge >= 0.3 is 5.69 Å². The number of nitrogen functional groups attached to an aromatic ring is 1. The highest BCUT2D eigenvalue weighted by Gasteiger charge is 2.20. The van der Waals surface area contributed by atoms with E-state index in [1.54, 1.807) is 0 Å². The quantitative estimate of drug-likeness (QED) is 0.650. The van der Waals surface area contributed by atoms with Crippen molar-refractivity contribution in [1.82, 2.24) is 4.98 Å². The van der Waals surface area contributed by atoms with Crippen molar-refractivity contribution < 1.29 is 17.7 Å². The van der Waals surface area contributed by atoms with E-state index in [-0.39, 0.29) is 11.5 Å². The standard InChI is InChI=1S/C11H9FN4O4S/c12-9-5-8(2-3-10(9)16(17)18)21(19,20)15-7-1-4-11(13)14-6-7/h1-6,15H,(H2,13,14). The van der Waals surface area contributed by atoms with E-state index < -0.39 is 31.3 Å². The fourth-order valence-corrected chi connectivity index (χ4v) is 2.54. The van der Waals surface area contributed by atoms with Crippen LogP contribution in [0.3, 0.4) is 0 Å². The minimum atomic E-state index is -4.08. The number of nitrogens with two attached hydrogens (primary N) is 1. The molecule has 2 rings (SSSR count). The third-order valence-corrected chi connectivity index (χ3v) is 3.84. The highest BCUT2D eigenvalue weighted by molar-refractivity contribution is 7.92. The number of nitro benzene ring substituents is 1. The van der Waals surface area contributed by atoms with Gasteiger partial charge in [-0.3, -0.25) is 14.8 Å². The zero-order valence-electron chi connectivity index (χ0n) is 10.4. The highest BCUT2D eigenvalue weighted by Crippen LogP contribution is 2.22. The number of hydrogen-bond acceptors (Lipinski definition) is 6. The summed E-state index contributed by atoms with van der Waals surface area (Å²) in [6, 6.07) is 5.06. The molecule has 0 fully saturated rings. The van der Waals surface area contributed by atoms with Crippen LogP contribution in [0.2, 0.25) is 0 Å². The van der Waals surface area contributed by atoms with Gasteiger partial charge in [0.2, 0.25) is 5.82 Å². The first kappa shape index (κ1) is 14.7. The Morgan fingerprint density at radius 1 is 1.29 bits per heavy atom. The molecule has 1 aromatic carbocycles. The van der Waals surface area contributed by atoms with Gasteiger partial charge in [-0.05, 0) is 18.2 Å². The first-order valence-corrected chi connectivity index (χ1v) is 6.96. The lowest BCUT2D eigenvalue weighted by atomic mass is 10.3. The average Bonchev–Trinajstić information content (AvgIpc) is 2.40. The normalized spacial score (nSPS) is 11.1. The summed E-state index contributed by atoms with van der Waals surface area (Å²) >= 11 is 0. The molecule has 110 valence electrons. The van der Waals surface area contributed by atoms with Crippen molar-refractivity contribution in [2.24, 2.45) is 0 Å². The van der Waals surface area contributed by atoms with E-state index in [9.17, 15) is 22.9 Å². The monoisotopic (exact) mass is 312 g/mol. The van der Waals surface area contributed by atoms with Crippen LogP contribution in [0, 0.1) is 15.9 Å². The number of rotatable bonds is 4.